The molecule has 4 heteroatoms. The minimum Gasteiger partial charge on any atom is -0.466 e. The van der Waals surface area contributed by atoms with Crippen molar-refractivity contribution in [1.29, 1.82) is 0 Å². The molecule has 1 aliphatic rings. The van der Waals surface area contributed by atoms with Crippen LogP contribution in [-0.2, 0) is 9.53 Å². The van der Waals surface area contributed by atoms with Crippen molar-refractivity contribution in [3.63, 3.8) is 0 Å². The number of rotatable bonds is 2. The predicted octanol–water partition coefficient (Wildman–Crippen LogP) is 2.10. The predicted molar refractivity (Wildman–Crippen MR) is 50.4 cm³/mol. The molecule has 0 unspecified atom stereocenters. The molecule has 0 bridgehead atoms. The van der Waals surface area contributed by atoms with Gasteiger partial charge < -0.3 is 4.74 Å². The zero-order valence-corrected chi connectivity index (χ0v) is 9.31. The zero-order valence-electron chi connectivity index (χ0n) is 5.56. The highest BCUT2D eigenvalue weighted by molar-refractivity contribution is 14.1. The van der Waals surface area contributed by atoms with Crippen LogP contribution in [0.1, 0.15) is 13.3 Å². The van der Waals surface area contributed by atoms with Crippen LogP contribution in [0.2, 0.25) is 0 Å². The molecule has 2 nitrogen and oxygen atoms in total. The van der Waals surface area contributed by atoms with E-state index in [9.17, 15) is 4.79 Å². The second kappa shape index (κ2) is 2.97. The summed E-state index contributed by atoms with van der Waals surface area (Å²) in [6.45, 7) is 2.30. The van der Waals surface area contributed by atoms with E-state index in [1.165, 1.54) is 0 Å². The van der Waals surface area contributed by atoms with E-state index in [2.05, 4.69) is 38.5 Å². The van der Waals surface area contributed by atoms with Gasteiger partial charge in [0.1, 0.15) is 0 Å². The summed E-state index contributed by atoms with van der Waals surface area (Å²) in [4.78, 5) is 11.0. The van der Waals surface area contributed by atoms with Crippen LogP contribution < -0.4 is 0 Å². The van der Waals surface area contributed by atoms with Gasteiger partial charge in [0.25, 0.3) is 0 Å². The number of esters is 1. The molecule has 0 N–H and O–H groups in total. The van der Waals surface area contributed by atoms with E-state index in [1.54, 1.807) is 0 Å². The summed E-state index contributed by atoms with van der Waals surface area (Å²) in [7, 11) is 0. The topological polar surface area (TPSA) is 26.3 Å². The lowest BCUT2D eigenvalue weighted by molar-refractivity contribution is -0.144. The normalized spacial score (nSPS) is 37.3. The van der Waals surface area contributed by atoms with Gasteiger partial charge in [-0.05, 0) is 13.3 Å². The molecule has 0 radical (unpaired) electrons. The Morgan fingerprint density at radius 3 is 2.80 bits per heavy atom. The summed E-state index contributed by atoms with van der Waals surface area (Å²) in [6, 6.07) is 0. The summed E-state index contributed by atoms with van der Waals surface area (Å²) in [6.07, 6.45) is 0.895. The van der Waals surface area contributed by atoms with Gasteiger partial charge in [0, 0.05) is 0 Å². The number of hydrogen-bond donors (Lipinski definition) is 0. The summed E-state index contributed by atoms with van der Waals surface area (Å²) >= 11 is 5.63. The van der Waals surface area contributed by atoms with Gasteiger partial charge in [-0.25, -0.2) is 0 Å². The first-order chi connectivity index (χ1) is 4.58. The quantitative estimate of drug-likeness (QED) is 0.443. The van der Waals surface area contributed by atoms with E-state index < -0.39 is 0 Å². The molecule has 0 aliphatic heterocycles. The minimum absolute atomic E-state index is 0.00296. The van der Waals surface area contributed by atoms with Gasteiger partial charge in [0.2, 0.25) is 0 Å². The van der Waals surface area contributed by atoms with Gasteiger partial charge in [-0.1, -0.05) is 38.5 Å². The van der Waals surface area contributed by atoms with Crippen molar-refractivity contribution in [2.75, 3.05) is 6.61 Å². The maximum Gasteiger partial charge on any atom is 0.311 e. The highest BCUT2D eigenvalue weighted by Crippen LogP contribution is 2.57. The first-order valence-corrected chi connectivity index (χ1v) is 4.99. The van der Waals surface area contributed by atoms with Gasteiger partial charge in [0.05, 0.1) is 14.9 Å². The first-order valence-electron chi connectivity index (χ1n) is 3.12. The lowest BCUT2D eigenvalue weighted by Crippen LogP contribution is -2.09. The molecule has 0 amide bonds. The Labute approximate surface area is 82.0 Å². The number of ether oxygens (including phenoxy) is 1. The molecule has 1 fully saturated rings. The van der Waals surface area contributed by atoms with Crippen LogP contribution in [0.25, 0.3) is 0 Å². The molecule has 0 saturated heterocycles. The number of alkyl halides is 2. The summed E-state index contributed by atoms with van der Waals surface area (Å²) in [5.41, 5.74) is 0. The van der Waals surface area contributed by atoms with E-state index in [0.717, 1.165) is 6.42 Å². The lowest BCUT2D eigenvalue weighted by Gasteiger charge is -1.99. The molecule has 2 atom stereocenters. The van der Waals surface area contributed by atoms with E-state index in [4.69, 9.17) is 4.74 Å². The fourth-order valence-corrected chi connectivity index (χ4v) is 1.92. The van der Waals surface area contributed by atoms with Crippen molar-refractivity contribution >= 4 is 44.5 Å². The Balaban J connectivity index is 2.33. The fourth-order valence-electron chi connectivity index (χ4n) is 0.712. The van der Waals surface area contributed by atoms with Crippen molar-refractivity contribution in [1.82, 2.24) is 0 Å². The molecule has 1 rings (SSSR count). The van der Waals surface area contributed by atoms with Crippen molar-refractivity contribution in [2.45, 2.75) is 15.7 Å². The standard InChI is InChI=1S/C6H8BrIO2/c1-2-10-5(9)4-3-6(4,7)8/h4H,2-3H2,1H3/t4-,6+/m1/s1. The molecule has 0 heterocycles. The highest BCUT2D eigenvalue weighted by atomic mass is 127. The molecule has 58 valence electrons. The second-order valence-corrected chi connectivity index (χ2v) is 7.09. The Bertz CT molecular complexity index is 158. The molecule has 1 aliphatic carbocycles. The second-order valence-electron chi connectivity index (χ2n) is 2.27. The van der Waals surface area contributed by atoms with Gasteiger partial charge in [-0.3, -0.25) is 4.79 Å². The monoisotopic (exact) mass is 318 g/mol. The largest absolute Gasteiger partial charge is 0.466 e. The van der Waals surface area contributed by atoms with Crippen LogP contribution in [0.15, 0.2) is 0 Å². The average Bonchev–Trinajstić information content (AvgIpc) is 2.41. The molecular weight excluding hydrogens is 311 g/mol. The van der Waals surface area contributed by atoms with Gasteiger partial charge >= 0.3 is 5.97 Å². The molecule has 0 spiro atoms. The smallest absolute Gasteiger partial charge is 0.311 e. The third-order valence-electron chi connectivity index (χ3n) is 1.40. The number of carbonyl (C=O) groups is 1. The summed E-state index contributed by atoms with van der Waals surface area (Å²) in [5.74, 6) is 0.00169. The average molecular weight is 319 g/mol. The Morgan fingerprint density at radius 1 is 2.00 bits per heavy atom. The van der Waals surface area contributed by atoms with Crippen LogP contribution in [0, 0.1) is 5.92 Å². The zero-order chi connectivity index (χ0) is 7.78. The Hall–Kier alpha value is 0.680. The van der Waals surface area contributed by atoms with Crippen LogP contribution in [0.4, 0.5) is 0 Å². The SMILES string of the molecule is CCOC(=O)[C@H]1C[C@]1(Br)I. The Kier molecular flexibility index (Phi) is 2.60. The first kappa shape index (κ1) is 8.77. The van der Waals surface area contributed by atoms with Crippen molar-refractivity contribution in [3.8, 4) is 0 Å². The Morgan fingerprint density at radius 2 is 2.50 bits per heavy atom. The van der Waals surface area contributed by atoms with Gasteiger partial charge in [-0.2, -0.15) is 0 Å². The van der Waals surface area contributed by atoms with Crippen molar-refractivity contribution in [3.05, 3.63) is 0 Å². The third kappa shape index (κ3) is 1.84. The van der Waals surface area contributed by atoms with E-state index in [-0.39, 0.29) is 14.2 Å². The number of halogens is 2. The summed E-state index contributed by atoms with van der Waals surface area (Å²) in [5, 5.41) is 0. The maximum absolute atomic E-state index is 11.0. The number of hydrogen-bond acceptors (Lipinski definition) is 2. The molecule has 0 aromatic rings. The molecule has 10 heavy (non-hydrogen) atoms. The molecule has 1 saturated carbocycles. The maximum atomic E-state index is 11.0. The number of carbonyl (C=O) groups excluding carboxylic acids is 1. The van der Waals surface area contributed by atoms with Crippen LogP contribution in [-0.4, -0.2) is 14.9 Å². The summed E-state index contributed by atoms with van der Waals surface area (Å²) < 4.78 is 4.82. The van der Waals surface area contributed by atoms with Crippen LogP contribution in [0.3, 0.4) is 0 Å². The van der Waals surface area contributed by atoms with Crippen LogP contribution in [0.5, 0.6) is 0 Å². The molecule has 0 aromatic carbocycles. The van der Waals surface area contributed by atoms with Gasteiger partial charge in [-0.15, -0.1) is 0 Å². The van der Waals surface area contributed by atoms with E-state index in [0.29, 0.717) is 6.61 Å². The van der Waals surface area contributed by atoms with E-state index >= 15 is 0 Å². The van der Waals surface area contributed by atoms with Crippen LogP contribution >= 0.6 is 38.5 Å². The van der Waals surface area contributed by atoms with E-state index in [1.807, 2.05) is 6.92 Å². The fraction of sp³-hybridized carbons (Fsp3) is 0.833. The van der Waals surface area contributed by atoms with Gasteiger partial charge in [0.15, 0.2) is 0 Å². The lowest BCUT2D eigenvalue weighted by atomic mass is 10.4. The van der Waals surface area contributed by atoms with Crippen molar-refractivity contribution in [2.24, 2.45) is 5.92 Å². The minimum atomic E-state index is -0.0752. The highest BCUT2D eigenvalue weighted by Gasteiger charge is 2.55. The molecular formula is C6H8BrIO2. The van der Waals surface area contributed by atoms with Crippen molar-refractivity contribution < 1.29 is 9.53 Å². The molecule has 0 aromatic heterocycles. The third-order valence-corrected chi connectivity index (χ3v) is 3.47.